The molecule has 2 atom stereocenters. The lowest BCUT2D eigenvalue weighted by molar-refractivity contribution is -0.147. The Balaban J connectivity index is 1.64. The highest BCUT2D eigenvalue weighted by Gasteiger charge is 2.44. The smallest absolute Gasteiger partial charge is 0.416 e. The molecule has 1 aliphatic heterocycles. The van der Waals surface area contributed by atoms with Crippen molar-refractivity contribution in [3.8, 4) is 0 Å². The van der Waals surface area contributed by atoms with Crippen molar-refractivity contribution in [2.45, 2.75) is 76.8 Å². The second-order valence-corrected chi connectivity index (χ2v) is 11.6. The van der Waals surface area contributed by atoms with E-state index >= 15 is 0 Å². The zero-order chi connectivity index (χ0) is 34.2. The normalized spacial score (nSPS) is 22.5. The number of anilines is 1. The molecule has 6 nitrogen and oxygen atoms in total. The maximum absolute atomic E-state index is 13.8. The van der Waals surface area contributed by atoms with Gasteiger partial charge in [0.25, 0.3) is 0 Å². The van der Waals surface area contributed by atoms with Crippen molar-refractivity contribution in [2.24, 2.45) is 11.8 Å². The van der Waals surface area contributed by atoms with Gasteiger partial charge in [-0.25, -0.2) is 4.79 Å². The van der Waals surface area contributed by atoms with Gasteiger partial charge >= 0.3 is 30.6 Å². The molecule has 1 aliphatic carbocycles. The van der Waals surface area contributed by atoms with E-state index in [4.69, 9.17) is 9.47 Å². The Kier molecular flexibility index (Phi) is 10.1. The molecule has 1 heterocycles. The van der Waals surface area contributed by atoms with Gasteiger partial charge in [-0.05, 0) is 93.0 Å². The molecule has 46 heavy (non-hydrogen) atoms. The summed E-state index contributed by atoms with van der Waals surface area (Å²) in [6.07, 6.45) is -15.1. The van der Waals surface area contributed by atoms with E-state index in [2.05, 4.69) is 0 Å². The van der Waals surface area contributed by atoms with Gasteiger partial charge in [0.1, 0.15) is 6.10 Å². The van der Waals surface area contributed by atoms with E-state index < -0.39 is 65.6 Å². The average Bonchev–Trinajstić information content (AvgIpc) is 3.26. The number of cyclic esters (lactones) is 1. The van der Waals surface area contributed by atoms with Crippen molar-refractivity contribution in [2.75, 3.05) is 25.1 Å². The zero-order valence-electron chi connectivity index (χ0n) is 25.2. The molecule has 1 saturated carbocycles. The van der Waals surface area contributed by atoms with Gasteiger partial charge in [0.2, 0.25) is 0 Å². The van der Waals surface area contributed by atoms with Crippen molar-refractivity contribution >= 4 is 17.7 Å². The minimum Gasteiger partial charge on any atom is -0.469 e. The van der Waals surface area contributed by atoms with Gasteiger partial charge in [0.15, 0.2) is 0 Å². The number of rotatable bonds is 8. The van der Waals surface area contributed by atoms with Crippen molar-refractivity contribution < 1.29 is 58.6 Å². The molecule has 2 fully saturated rings. The summed E-state index contributed by atoms with van der Waals surface area (Å²) in [5, 5.41) is 0. The number of esters is 1. The summed E-state index contributed by atoms with van der Waals surface area (Å²) in [7, 11) is 1.32. The third-order valence-electron chi connectivity index (χ3n) is 8.66. The number of halogens is 9. The predicted octanol–water partition coefficient (Wildman–Crippen LogP) is 8.63. The predicted molar refractivity (Wildman–Crippen MR) is 147 cm³/mol. The molecule has 0 aromatic heterocycles. The molecule has 2 aliphatic rings. The van der Waals surface area contributed by atoms with Gasteiger partial charge in [0, 0.05) is 18.8 Å². The van der Waals surface area contributed by atoms with Gasteiger partial charge in [-0.2, -0.15) is 39.5 Å². The first-order chi connectivity index (χ1) is 21.3. The minimum atomic E-state index is -5.13. The van der Waals surface area contributed by atoms with Crippen LogP contribution < -0.4 is 4.90 Å². The van der Waals surface area contributed by atoms with E-state index in [-0.39, 0.29) is 29.4 Å². The topological polar surface area (TPSA) is 59.1 Å². The van der Waals surface area contributed by atoms with Gasteiger partial charge < -0.3 is 14.4 Å². The first-order valence-electron chi connectivity index (χ1n) is 14.6. The number of methoxy groups -OCH3 is 1. The Bertz CT molecular complexity index is 1380. The van der Waals surface area contributed by atoms with Gasteiger partial charge in [-0.1, -0.05) is 0 Å². The number of carbonyl (C=O) groups excluding carboxylic acids is 2. The van der Waals surface area contributed by atoms with Crippen LogP contribution in [0.25, 0.3) is 0 Å². The lowest BCUT2D eigenvalue weighted by Crippen LogP contribution is -2.35. The summed E-state index contributed by atoms with van der Waals surface area (Å²) in [5.41, 5.74) is -4.26. The number of amides is 1. The third-order valence-corrected chi connectivity index (χ3v) is 8.66. The molecule has 4 rings (SSSR count). The molecule has 0 unspecified atom stereocenters. The molecular formula is C31H33F9N2O4. The molecule has 2 aromatic rings. The highest BCUT2D eigenvalue weighted by atomic mass is 19.4. The van der Waals surface area contributed by atoms with Crippen LogP contribution in [0.4, 0.5) is 50.0 Å². The lowest BCUT2D eigenvalue weighted by Gasteiger charge is -2.34. The Labute approximate surface area is 259 Å². The van der Waals surface area contributed by atoms with E-state index in [1.807, 2.05) is 4.90 Å². The third kappa shape index (κ3) is 7.83. The van der Waals surface area contributed by atoms with Gasteiger partial charge in [0.05, 0.1) is 42.3 Å². The Morgan fingerprint density at radius 1 is 0.891 bits per heavy atom. The van der Waals surface area contributed by atoms with Gasteiger partial charge in [-0.15, -0.1) is 0 Å². The van der Waals surface area contributed by atoms with Crippen molar-refractivity contribution in [3.63, 3.8) is 0 Å². The second-order valence-electron chi connectivity index (χ2n) is 11.6. The number of carbonyl (C=O) groups is 2. The van der Waals surface area contributed by atoms with Crippen LogP contribution in [-0.2, 0) is 39.3 Å². The van der Waals surface area contributed by atoms with E-state index in [1.54, 1.807) is 6.92 Å². The summed E-state index contributed by atoms with van der Waals surface area (Å²) < 4.78 is 132. The maximum atomic E-state index is 13.8. The summed E-state index contributed by atoms with van der Waals surface area (Å²) >= 11 is 0. The SMILES string of the molecule is CCN(CC1CCC(C(=O)OC)CC1)c1ccc(C(F)(F)F)cc1CN1C(=O)O[C@H](c2cc(C(F)(F)F)cc(C(F)(F)F)c2)[C@@H]1C. The van der Waals surface area contributed by atoms with Crippen LogP contribution in [0.2, 0.25) is 0 Å². The molecule has 1 amide bonds. The highest BCUT2D eigenvalue weighted by molar-refractivity contribution is 5.72. The largest absolute Gasteiger partial charge is 0.469 e. The zero-order valence-corrected chi connectivity index (χ0v) is 25.2. The molecule has 15 heteroatoms. The minimum absolute atomic E-state index is 0.0428. The maximum Gasteiger partial charge on any atom is 0.416 e. The fraction of sp³-hybridized carbons (Fsp3) is 0.548. The Hall–Kier alpha value is -3.65. The van der Waals surface area contributed by atoms with Crippen LogP contribution in [0.3, 0.4) is 0 Å². The van der Waals surface area contributed by atoms with Crippen molar-refractivity contribution in [1.82, 2.24) is 4.90 Å². The number of hydrogen-bond acceptors (Lipinski definition) is 5. The van der Waals surface area contributed by atoms with Crippen LogP contribution in [-0.4, -0.2) is 43.2 Å². The fourth-order valence-corrected chi connectivity index (χ4v) is 6.14. The average molecular weight is 669 g/mol. The van der Waals surface area contributed by atoms with Crippen LogP contribution in [0.5, 0.6) is 0 Å². The Morgan fingerprint density at radius 2 is 1.46 bits per heavy atom. The quantitative estimate of drug-likeness (QED) is 0.208. The fourth-order valence-electron chi connectivity index (χ4n) is 6.14. The number of benzene rings is 2. The summed E-state index contributed by atoms with van der Waals surface area (Å²) in [5.74, 6) is -0.405. The Morgan fingerprint density at radius 3 is 1.96 bits per heavy atom. The molecule has 0 radical (unpaired) electrons. The van der Waals surface area contributed by atoms with Crippen LogP contribution in [0.15, 0.2) is 36.4 Å². The molecule has 0 spiro atoms. The summed E-state index contributed by atoms with van der Waals surface area (Å²) in [6, 6.07) is 2.83. The molecule has 254 valence electrons. The lowest BCUT2D eigenvalue weighted by atomic mass is 9.81. The molecule has 0 N–H and O–H groups in total. The van der Waals surface area contributed by atoms with Crippen LogP contribution in [0.1, 0.15) is 73.5 Å². The first-order valence-corrected chi connectivity index (χ1v) is 14.6. The standard InChI is InChI=1S/C31H33F9N2O4/c1-4-41(15-18-5-7-19(8-6-18)27(43)45-3)25-10-9-22(29(32,33)34)13-21(25)16-42-17(2)26(46-28(42)44)20-11-23(30(35,36)37)14-24(12-20)31(38,39)40/h9-14,17-19,26H,4-8,15-16H2,1-3H3/t17-,18?,19?,26-/m0/s1. The van der Waals surface area contributed by atoms with E-state index in [0.717, 1.165) is 17.0 Å². The molecule has 2 aromatic carbocycles. The molecular weight excluding hydrogens is 635 g/mol. The highest BCUT2D eigenvalue weighted by Crippen LogP contribution is 2.42. The van der Waals surface area contributed by atoms with Gasteiger partial charge in [-0.3, -0.25) is 9.69 Å². The van der Waals surface area contributed by atoms with E-state index in [9.17, 15) is 49.1 Å². The summed E-state index contributed by atoms with van der Waals surface area (Å²) in [4.78, 5) is 27.7. The number of alkyl halides is 9. The number of ether oxygens (including phenoxy) is 2. The van der Waals surface area contributed by atoms with Crippen molar-refractivity contribution in [3.05, 3.63) is 64.2 Å². The first kappa shape index (κ1) is 35.2. The summed E-state index contributed by atoms with van der Waals surface area (Å²) in [6.45, 7) is 3.51. The van der Waals surface area contributed by atoms with Crippen molar-refractivity contribution in [1.29, 1.82) is 0 Å². The van der Waals surface area contributed by atoms with Crippen LogP contribution >= 0.6 is 0 Å². The number of hydrogen-bond donors (Lipinski definition) is 0. The molecule has 0 bridgehead atoms. The molecule has 1 saturated heterocycles. The second kappa shape index (κ2) is 13.2. The van der Waals surface area contributed by atoms with Crippen LogP contribution in [0, 0.1) is 11.8 Å². The monoisotopic (exact) mass is 668 g/mol. The number of nitrogens with zero attached hydrogens (tertiary/aromatic N) is 2. The van der Waals surface area contributed by atoms with E-state index in [1.165, 1.54) is 20.1 Å². The van der Waals surface area contributed by atoms with E-state index in [0.29, 0.717) is 56.6 Å².